The highest BCUT2D eigenvalue weighted by molar-refractivity contribution is 6.00. The maximum absolute atomic E-state index is 12.1. The van der Waals surface area contributed by atoms with Crippen molar-refractivity contribution in [2.75, 3.05) is 41.7 Å². The summed E-state index contributed by atoms with van der Waals surface area (Å²) in [6.45, 7) is 3.39. The van der Waals surface area contributed by atoms with Crippen LogP contribution < -0.4 is 21.3 Å². The molecule has 4 aromatic rings. The molecule has 31 heavy (non-hydrogen) atoms. The number of rotatable bonds is 4. The summed E-state index contributed by atoms with van der Waals surface area (Å²) in [7, 11) is 0. The Hall–Kier alpha value is -4.00. The van der Waals surface area contributed by atoms with Gasteiger partial charge >= 0.3 is 0 Å². The van der Waals surface area contributed by atoms with Gasteiger partial charge in [-0.3, -0.25) is 9.89 Å². The van der Waals surface area contributed by atoms with E-state index in [0.29, 0.717) is 11.4 Å². The lowest BCUT2D eigenvalue weighted by Crippen LogP contribution is -2.47. The molecule has 0 radical (unpaired) electrons. The van der Waals surface area contributed by atoms with Crippen LogP contribution in [0.5, 0.6) is 0 Å². The lowest BCUT2D eigenvalue weighted by atomic mass is 10.00. The average molecular weight is 412 g/mol. The van der Waals surface area contributed by atoms with Crippen LogP contribution in [0.3, 0.4) is 0 Å². The Balaban J connectivity index is 1.45. The minimum absolute atomic E-state index is 0.413. The Bertz CT molecular complexity index is 1240. The zero-order chi connectivity index (χ0) is 21.4. The van der Waals surface area contributed by atoms with Crippen LogP contribution in [-0.4, -0.2) is 42.3 Å². The Morgan fingerprint density at radius 2 is 1.55 bits per heavy atom. The average Bonchev–Trinajstić information content (AvgIpc) is 3.19. The number of nitrogen functional groups attached to an aromatic ring is 1. The molecule has 0 spiro atoms. The van der Waals surface area contributed by atoms with E-state index in [1.807, 2.05) is 36.4 Å². The van der Waals surface area contributed by atoms with Crippen molar-refractivity contribution in [2.45, 2.75) is 0 Å². The second-order valence-electron chi connectivity index (χ2n) is 7.78. The van der Waals surface area contributed by atoms with Gasteiger partial charge in [0.05, 0.1) is 16.8 Å². The molecule has 0 unspecified atom stereocenters. The maximum atomic E-state index is 12.1. The van der Waals surface area contributed by atoms with Crippen molar-refractivity contribution >= 4 is 34.0 Å². The number of carbonyl (C=O) groups excluding carboxylic acids is 1. The number of nitrogens with one attached hydrogen (secondary N) is 1. The number of para-hydroxylation sites is 1. The van der Waals surface area contributed by atoms with Crippen LogP contribution >= 0.6 is 0 Å². The molecule has 0 saturated carbocycles. The van der Waals surface area contributed by atoms with Gasteiger partial charge in [-0.15, -0.1) is 0 Å². The Kier molecular flexibility index (Phi) is 4.71. The lowest BCUT2D eigenvalue weighted by Gasteiger charge is -2.38. The highest BCUT2D eigenvalue weighted by Crippen LogP contribution is 2.31. The van der Waals surface area contributed by atoms with Crippen molar-refractivity contribution in [1.29, 1.82) is 0 Å². The third-order valence-corrected chi connectivity index (χ3v) is 5.93. The number of H-pyrrole nitrogens is 1. The predicted octanol–water partition coefficient (Wildman–Crippen LogP) is 3.24. The standard InChI is InChI=1S/C24H24N6O/c25-23-19-8-6-16(14-21(19)27-28-23)17-7-9-20(24(26)31)22(15-17)30-12-10-29(11-13-30)18-4-2-1-3-5-18/h1-9,14-15H,10-13H2,(H2,26,31)(H3,25,27,28). The molecule has 2 heterocycles. The van der Waals surface area contributed by atoms with E-state index in [4.69, 9.17) is 11.5 Å². The monoisotopic (exact) mass is 412 g/mol. The van der Waals surface area contributed by atoms with Crippen LogP contribution in [0.4, 0.5) is 17.2 Å². The van der Waals surface area contributed by atoms with E-state index >= 15 is 0 Å². The number of aromatic amines is 1. The molecule has 0 bridgehead atoms. The molecule has 1 amide bonds. The molecular formula is C24H24N6O. The van der Waals surface area contributed by atoms with E-state index < -0.39 is 5.91 Å². The summed E-state index contributed by atoms with van der Waals surface area (Å²) in [6.07, 6.45) is 0. The fraction of sp³-hybridized carbons (Fsp3) is 0.167. The summed E-state index contributed by atoms with van der Waals surface area (Å²) in [5.74, 6) is 0.0754. The number of piperazine rings is 1. The van der Waals surface area contributed by atoms with Gasteiger partial charge < -0.3 is 21.3 Å². The van der Waals surface area contributed by atoms with E-state index in [1.54, 1.807) is 0 Å². The number of benzene rings is 3. The van der Waals surface area contributed by atoms with Gasteiger partial charge in [-0.2, -0.15) is 5.10 Å². The number of hydrogen-bond donors (Lipinski definition) is 3. The fourth-order valence-corrected chi connectivity index (χ4v) is 4.25. The fourth-order valence-electron chi connectivity index (χ4n) is 4.25. The van der Waals surface area contributed by atoms with Crippen molar-refractivity contribution in [2.24, 2.45) is 5.73 Å². The first-order valence-electron chi connectivity index (χ1n) is 10.3. The molecule has 7 nitrogen and oxygen atoms in total. The lowest BCUT2D eigenvalue weighted by molar-refractivity contribution is 0.100. The van der Waals surface area contributed by atoms with Gasteiger partial charge in [0.1, 0.15) is 0 Å². The molecule has 1 saturated heterocycles. The van der Waals surface area contributed by atoms with Crippen LogP contribution in [-0.2, 0) is 0 Å². The van der Waals surface area contributed by atoms with Gasteiger partial charge in [0.2, 0.25) is 0 Å². The number of anilines is 3. The third-order valence-electron chi connectivity index (χ3n) is 5.93. The quantitative estimate of drug-likeness (QED) is 0.477. The van der Waals surface area contributed by atoms with Gasteiger partial charge in [-0.25, -0.2) is 0 Å². The van der Waals surface area contributed by atoms with Crippen LogP contribution in [0.15, 0.2) is 66.7 Å². The van der Waals surface area contributed by atoms with Crippen molar-refractivity contribution in [1.82, 2.24) is 10.2 Å². The topological polar surface area (TPSA) is 104 Å². The predicted molar refractivity (Wildman–Crippen MR) is 125 cm³/mol. The molecule has 156 valence electrons. The zero-order valence-corrected chi connectivity index (χ0v) is 17.1. The van der Waals surface area contributed by atoms with Gasteiger partial charge in [0.25, 0.3) is 5.91 Å². The van der Waals surface area contributed by atoms with Crippen molar-refractivity contribution in [3.05, 3.63) is 72.3 Å². The molecule has 1 aliphatic rings. The molecule has 7 heteroatoms. The summed E-state index contributed by atoms with van der Waals surface area (Å²) < 4.78 is 0. The number of hydrogen-bond acceptors (Lipinski definition) is 5. The molecule has 1 fully saturated rings. The minimum Gasteiger partial charge on any atom is -0.382 e. The highest BCUT2D eigenvalue weighted by Gasteiger charge is 2.22. The number of nitrogens with zero attached hydrogens (tertiary/aromatic N) is 3. The second-order valence-corrected chi connectivity index (χ2v) is 7.78. The van der Waals surface area contributed by atoms with Crippen LogP contribution in [0.1, 0.15) is 10.4 Å². The summed E-state index contributed by atoms with van der Waals surface area (Å²) in [6, 6.07) is 22.2. The smallest absolute Gasteiger partial charge is 0.250 e. The molecule has 5 N–H and O–H groups in total. The van der Waals surface area contributed by atoms with Gasteiger partial charge in [0, 0.05) is 37.3 Å². The minimum atomic E-state index is -0.413. The SMILES string of the molecule is NC(=O)c1ccc(-c2ccc3c(N)n[nH]c3c2)cc1N1CCN(c2ccccc2)CC1. The first kappa shape index (κ1) is 19.0. The van der Waals surface area contributed by atoms with Crippen molar-refractivity contribution in [3.8, 4) is 11.1 Å². The second kappa shape index (κ2) is 7.68. The van der Waals surface area contributed by atoms with Crippen LogP contribution in [0.25, 0.3) is 22.0 Å². The molecule has 0 atom stereocenters. The van der Waals surface area contributed by atoms with E-state index in [0.717, 1.165) is 53.9 Å². The number of aromatic nitrogens is 2. The first-order chi connectivity index (χ1) is 15.1. The van der Waals surface area contributed by atoms with Gasteiger partial charge in [-0.05, 0) is 47.5 Å². The Labute approximate surface area is 180 Å². The number of nitrogens with two attached hydrogens (primary N) is 2. The van der Waals surface area contributed by atoms with Gasteiger partial charge in [-0.1, -0.05) is 30.3 Å². The van der Waals surface area contributed by atoms with Crippen LogP contribution in [0.2, 0.25) is 0 Å². The molecular weight excluding hydrogens is 388 g/mol. The van der Waals surface area contributed by atoms with E-state index in [-0.39, 0.29) is 0 Å². The van der Waals surface area contributed by atoms with E-state index in [2.05, 4.69) is 50.3 Å². The first-order valence-corrected chi connectivity index (χ1v) is 10.3. The molecule has 1 aromatic heterocycles. The number of amides is 1. The molecule has 5 rings (SSSR count). The largest absolute Gasteiger partial charge is 0.382 e. The van der Waals surface area contributed by atoms with Crippen molar-refractivity contribution < 1.29 is 4.79 Å². The van der Waals surface area contributed by atoms with Gasteiger partial charge in [0.15, 0.2) is 5.82 Å². The normalized spacial score (nSPS) is 14.2. The summed E-state index contributed by atoms with van der Waals surface area (Å²) in [5, 5.41) is 7.93. The Morgan fingerprint density at radius 1 is 0.871 bits per heavy atom. The Morgan fingerprint density at radius 3 is 2.29 bits per heavy atom. The third kappa shape index (κ3) is 3.54. The zero-order valence-electron chi connectivity index (χ0n) is 17.1. The van der Waals surface area contributed by atoms with Crippen molar-refractivity contribution in [3.63, 3.8) is 0 Å². The summed E-state index contributed by atoms with van der Waals surface area (Å²) in [4.78, 5) is 16.7. The molecule has 3 aromatic carbocycles. The number of fused-ring (bicyclic) bond motifs is 1. The molecule has 0 aliphatic carbocycles. The van der Waals surface area contributed by atoms with E-state index in [1.165, 1.54) is 5.69 Å². The summed E-state index contributed by atoms with van der Waals surface area (Å²) >= 11 is 0. The van der Waals surface area contributed by atoms with Crippen LogP contribution in [0, 0.1) is 0 Å². The maximum Gasteiger partial charge on any atom is 0.250 e. The number of carbonyl (C=O) groups is 1. The summed E-state index contributed by atoms with van der Waals surface area (Å²) in [5.41, 5.74) is 17.2. The number of primary amides is 1. The highest BCUT2D eigenvalue weighted by atomic mass is 16.1. The van der Waals surface area contributed by atoms with E-state index in [9.17, 15) is 4.79 Å². The molecule has 1 aliphatic heterocycles.